The number of anilines is 1. The van der Waals surface area contributed by atoms with Gasteiger partial charge in [0, 0.05) is 43.0 Å². The minimum atomic E-state index is -0.448. The van der Waals surface area contributed by atoms with E-state index < -0.39 is 6.04 Å². The van der Waals surface area contributed by atoms with E-state index in [1.807, 2.05) is 23.1 Å². The molecule has 7 heteroatoms. The second-order valence-corrected chi connectivity index (χ2v) is 5.66. The Morgan fingerprint density at radius 1 is 1.30 bits per heavy atom. The lowest BCUT2D eigenvalue weighted by atomic mass is 10.0. The van der Waals surface area contributed by atoms with E-state index in [1.54, 1.807) is 21.1 Å². The molecule has 1 amide bonds. The van der Waals surface area contributed by atoms with E-state index in [0.29, 0.717) is 6.54 Å². The first-order chi connectivity index (χ1) is 10.5. The van der Waals surface area contributed by atoms with Crippen molar-refractivity contribution in [1.82, 2.24) is 4.90 Å². The van der Waals surface area contributed by atoms with Crippen molar-refractivity contribution in [3.05, 3.63) is 18.2 Å². The van der Waals surface area contributed by atoms with Crippen LogP contribution in [-0.2, 0) is 4.79 Å². The molecule has 3 N–H and O–H groups in total. The summed E-state index contributed by atoms with van der Waals surface area (Å²) in [6.07, 6.45) is 1.99. The molecular weight excluding hydrogens is 318 g/mol. The van der Waals surface area contributed by atoms with Gasteiger partial charge < -0.3 is 25.4 Å². The molecule has 2 unspecified atom stereocenters. The van der Waals surface area contributed by atoms with Crippen LogP contribution in [0.3, 0.4) is 0 Å². The molecule has 0 radical (unpaired) electrons. The van der Waals surface area contributed by atoms with Gasteiger partial charge in [0.15, 0.2) is 0 Å². The van der Waals surface area contributed by atoms with Crippen molar-refractivity contribution in [3.8, 4) is 11.5 Å². The first-order valence-corrected chi connectivity index (χ1v) is 7.57. The number of rotatable bonds is 5. The zero-order chi connectivity index (χ0) is 16.1. The van der Waals surface area contributed by atoms with Gasteiger partial charge in [0.25, 0.3) is 0 Å². The maximum Gasteiger partial charge on any atom is 0.239 e. The molecule has 2 atom stereocenters. The normalized spacial score (nSPS) is 18.6. The Kier molecular flexibility index (Phi) is 7.45. The fraction of sp³-hybridized carbons (Fsp3) is 0.562. The van der Waals surface area contributed by atoms with Crippen molar-refractivity contribution >= 4 is 24.0 Å². The summed E-state index contributed by atoms with van der Waals surface area (Å²) in [7, 11) is 3.25. The number of nitrogens with two attached hydrogens (primary N) is 1. The number of hydrogen-bond acceptors (Lipinski definition) is 5. The van der Waals surface area contributed by atoms with Crippen molar-refractivity contribution < 1.29 is 14.3 Å². The van der Waals surface area contributed by atoms with Crippen molar-refractivity contribution in [2.45, 2.75) is 31.8 Å². The van der Waals surface area contributed by atoms with E-state index in [4.69, 9.17) is 15.2 Å². The number of methoxy groups -OCH3 is 2. The van der Waals surface area contributed by atoms with Crippen LogP contribution in [0.5, 0.6) is 11.5 Å². The van der Waals surface area contributed by atoms with Crippen molar-refractivity contribution in [2.24, 2.45) is 5.73 Å². The van der Waals surface area contributed by atoms with Gasteiger partial charge in [0.05, 0.1) is 20.3 Å². The van der Waals surface area contributed by atoms with E-state index in [-0.39, 0.29) is 24.4 Å². The summed E-state index contributed by atoms with van der Waals surface area (Å²) in [6.45, 7) is 3.17. The molecule has 1 saturated heterocycles. The third kappa shape index (κ3) is 5.18. The zero-order valence-electron chi connectivity index (χ0n) is 13.9. The van der Waals surface area contributed by atoms with Crippen LogP contribution < -0.4 is 20.5 Å². The summed E-state index contributed by atoms with van der Waals surface area (Å²) in [5.74, 6) is 1.48. The second kappa shape index (κ2) is 8.84. The van der Waals surface area contributed by atoms with Gasteiger partial charge in [0.2, 0.25) is 5.91 Å². The van der Waals surface area contributed by atoms with E-state index >= 15 is 0 Å². The van der Waals surface area contributed by atoms with Crippen LogP contribution in [0.2, 0.25) is 0 Å². The van der Waals surface area contributed by atoms with E-state index in [0.717, 1.165) is 36.6 Å². The number of carbonyl (C=O) groups excluding carboxylic acids is 1. The molecule has 23 heavy (non-hydrogen) atoms. The lowest BCUT2D eigenvalue weighted by molar-refractivity contribution is -0.133. The quantitative estimate of drug-likeness (QED) is 0.853. The highest BCUT2D eigenvalue weighted by Gasteiger charge is 2.25. The summed E-state index contributed by atoms with van der Waals surface area (Å²) < 4.78 is 10.6. The summed E-state index contributed by atoms with van der Waals surface area (Å²) in [4.78, 5) is 13.9. The predicted octanol–water partition coefficient (Wildman–Crippen LogP) is 1.88. The molecule has 0 saturated carbocycles. The number of halogens is 1. The van der Waals surface area contributed by atoms with Gasteiger partial charge in [-0.2, -0.15) is 0 Å². The summed E-state index contributed by atoms with van der Waals surface area (Å²) in [5, 5.41) is 3.46. The van der Waals surface area contributed by atoms with Crippen molar-refractivity contribution in [3.63, 3.8) is 0 Å². The zero-order valence-corrected chi connectivity index (χ0v) is 14.7. The third-order valence-electron chi connectivity index (χ3n) is 3.84. The topological polar surface area (TPSA) is 76.8 Å². The van der Waals surface area contributed by atoms with Crippen LogP contribution in [0.4, 0.5) is 5.69 Å². The highest BCUT2D eigenvalue weighted by molar-refractivity contribution is 5.85. The Morgan fingerprint density at radius 3 is 2.43 bits per heavy atom. The average Bonchev–Trinajstić information content (AvgIpc) is 2.53. The van der Waals surface area contributed by atoms with Gasteiger partial charge in [0.1, 0.15) is 11.5 Å². The molecule has 1 aromatic rings. The molecule has 1 aromatic carbocycles. The highest BCUT2D eigenvalue weighted by atomic mass is 35.5. The van der Waals surface area contributed by atoms with E-state index in [2.05, 4.69) is 5.32 Å². The van der Waals surface area contributed by atoms with Crippen LogP contribution in [0.1, 0.15) is 19.8 Å². The molecule has 1 aliphatic heterocycles. The predicted molar refractivity (Wildman–Crippen MR) is 93.7 cm³/mol. The molecule has 0 aliphatic carbocycles. The van der Waals surface area contributed by atoms with Gasteiger partial charge in [-0.15, -0.1) is 12.4 Å². The number of hydrogen-bond donors (Lipinski definition) is 2. The largest absolute Gasteiger partial charge is 0.497 e. The molecular formula is C16H26ClN3O3. The van der Waals surface area contributed by atoms with Crippen LogP contribution >= 0.6 is 12.4 Å². The molecule has 130 valence electrons. The molecule has 1 fully saturated rings. The Balaban J connectivity index is 0.00000264. The average molecular weight is 344 g/mol. The van der Waals surface area contributed by atoms with Crippen LogP contribution in [-0.4, -0.2) is 50.2 Å². The Bertz CT molecular complexity index is 503. The maximum absolute atomic E-state index is 12.0. The number of piperidine rings is 1. The number of benzene rings is 1. The fourth-order valence-corrected chi connectivity index (χ4v) is 2.71. The molecule has 2 rings (SSSR count). The summed E-state index contributed by atoms with van der Waals surface area (Å²) >= 11 is 0. The van der Waals surface area contributed by atoms with Crippen molar-refractivity contribution in [2.75, 3.05) is 32.6 Å². The number of amides is 1. The number of nitrogens with one attached hydrogen (secondary N) is 1. The minimum absolute atomic E-state index is 0. The van der Waals surface area contributed by atoms with Gasteiger partial charge in [-0.3, -0.25) is 4.79 Å². The Labute approximate surface area is 143 Å². The Morgan fingerprint density at radius 2 is 1.91 bits per heavy atom. The highest BCUT2D eigenvalue weighted by Crippen LogP contribution is 2.27. The lowest BCUT2D eigenvalue weighted by Gasteiger charge is -2.34. The van der Waals surface area contributed by atoms with Gasteiger partial charge in [-0.25, -0.2) is 0 Å². The van der Waals surface area contributed by atoms with E-state index in [1.165, 1.54) is 0 Å². The lowest BCUT2D eigenvalue weighted by Crippen LogP contribution is -2.50. The number of likely N-dealkylation sites (tertiary alicyclic amines) is 1. The first kappa shape index (κ1) is 19.4. The first-order valence-electron chi connectivity index (χ1n) is 7.57. The van der Waals surface area contributed by atoms with Crippen LogP contribution in [0.15, 0.2) is 18.2 Å². The molecule has 1 heterocycles. The van der Waals surface area contributed by atoms with Gasteiger partial charge in [-0.1, -0.05) is 0 Å². The summed E-state index contributed by atoms with van der Waals surface area (Å²) in [6, 6.07) is 5.44. The molecule has 0 spiro atoms. The van der Waals surface area contributed by atoms with Crippen molar-refractivity contribution in [1.29, 1.82) is 0 Å². The SMILES string of the molecule is COc1cc(NC2CCCN(C(=O)C(C)N)C2)cc(OC)c1.Cl. The van der Waals surface area contributed by atoms with Crippen LogP contribution in [0, 0.1) is 0 Å². The molecule has 1 aliphatic rings. The fourth-order valence-electron chi connectivity index (χ4n) is 2.71. The maximum atomic E-state index is 12.0. The number of ether oxygens (including phenoxy) is 2. The monoisotopic (exact) mass is 343 g/mol. The van der Waals surface area contributed by atoms with E-state index in [9.17, 15) is 4.79 Å². The summed E-state index contributed by atoms with van der Waals surface area (Å²) in [5.41, 5.74) is 6.62. The van der Waals surface area contributed by atoms with Gasteiger partial charge in [-0.05, 0) is 19.8 Å². The number of carbonyl (C=O) groups is 1. The smallest absolute Gasteiger partial charge is 0.239 e. The third-order valence-corrected chi connectivity index (χ3v) is 3.84. The minimum Gasteiger partial charge on any atom is -0.497 e. The molecule has 0 bridgehead atoms. The Hall–Kier alpha value is -1.66. The number of nitrogens with zero attached hydrogens (tertiary/aromatic N) is 1. The molecule has 6 nitrogen and oxygen atoms in total. The second-order valence-electron chi connectivity index (χ2n) is 5.66. The molecule has 0 aromatic heterocycles. The standard InChI is InChI=1S/C16H25N3O3.ClH/c1-11(17)16(20)19-6-4-5-12(10-19)18-13-7-14(21-2)9-15(8-13)22-3;/h7-9,11-12,18H,4-6,10,17H2,1-3H3;1H. The van der Waals surface area contributed by atoms with Gasteiger partial charge >= 0.3 is 0 Å². The van der Waals surface area contributed by atoms with Crippen LogP contribution in [0.25, 0.3) is 0 Å².